The van der Waals surface area contributed by atoms with Crippen molar-refractivity contribution in [3.8, 4) is 5.69 Å². The molecule has 1 heterocycles. The Morgan fingerprint density at radius 2 is 1.89 bits per heavy atom. The standard InChI is InChI=1S/C20H19FN4O2/c1-14(26)23-19-11-16(8-9-18(19)21)24-20(27)10-7-15-12-22-25(13-15)17-5-3-2-4-6-17/h2-6,8-9,11-13H,7,10H2,1H3,(H,23,26)(H,24,27). The van der Waals surface area contributed by atoms with Gasteiger partial charge in [0.05, 0.1) is 17.6 Å². The highest BCUT2D eigenvalue weighted by Crippen LogP contribution is 2.20. The van der Waals surface area contributed by atoms with Crippen LogP contribution in [0.2, 0.25) is 0 Å². The van der Waals surface area contributed by atoms with Crippen LogP contribution in [0.25, 0.3) is 5.69 Å². The van der Waals surface area contributed by atoms with Crippen molar-refractivity contribution in [1.82, 2.24) is 9.78 Å². The fourth-order valence-electron chi connectivity index (χ4n) is 2.58. The van der Waals surface area contributed by atoms with E-state index in [-0.39, 0.29) is 23.9 Å². The Hall–Kier alpha value is -3.48. The Labute approximate surface area is 156 Å². The number of nitrogens with zero attached hydrogens (tertiary/aromatic N) is 2. The van der Waals surface area contributed by atoms with Gasteiger partial charge in [0, 0.05) is 25.2 Å². The van der Waals surface area contributed by atoms with E-state index in [0.29, 0.717) is 12.1 Å². The lowest BCUT2D eigenvalue weighted by Gasteiger charge is -2.08. The second-order valence-electron chi connectivity index (χ2n) is 6.05. The largest absolute Gasteiger partial charge is 0.326 e. The molecule has 0 saturated carbocycles. The first-order chi connectivity index (χ1) is 13.0. The second kappa shape index (κ2) is 8.27. The van der Waals surface area contributed by atoms with Gasteiger partial charge in [-0.05, 0) is 42.3 Å². The van der Waals surface area contributed by atoms with E-state index < -0.39 is 5.82 Å². The maximum Gasteiger partial charge on any atom is 0.224 e. The molecule has 2 amide bonds. The summed E-state index contributed by atoms with van der Waals surface area (Å²) in [4.78, 5) is 23.3. The topological polar surface area (TPSA) is 76.0 Å². The fourth-order valence-corrected chi connectivity index (χ4v) is 2.58. The van der Waals surface area contributed by atoms with E-state index >= 15 is 0 Å². The summed E-state index contributed by atoms with van der Waals surface area (Å²) >= 11 is 0. The van der Waals surface area contributed by atoms with E-state index in [1.807, 2.05) is 36.5 Å². The number of carbonyl (C=O) groups excluding carboxylic acids is 2. The summed E-state index contributed by atoms with van der Waals surface area (Å²) in [6.45, 7) is 1.29. The number of rotatable bonds is 6. The van der Waals surface area contributed by atoms with E-state index in [2.05, 4.69) is 15.7 Å². The molecule has 0 aliphatic heterocycles. The third-order valence-corrected chi connectivity index (χ3v) is 3.86. The molecule has 0 aliphatic carbocycles. The third kappa shape index (κ3) is 5.01. The second-order valence-corrected chi connectivity index (χ2v) is 6.05. The van der Waals surface area contributed by atoms with Crippen molar-refractivity contribution in [1.29, 1.82) is 0 Å². The summed E-state index contributed by atoms with van der Waals surface area (Å²) in [5.74, 6) is -1.15. The first-order valence-corrected chi connectivity index (χ1v) is 8.47. The molecule has 0 unspecified atom stereocenters. The minimum absolute atomic E-state index is 0.0319. The van der Waals surface area contributed by atoms with Crippen LogP contribution in [0.15, 0.2) is 60.9 Å². The molecular formula is C20H19FN4O2. The van der Waals surface area contributed by atoms with E-state index in [1.54, 1.807) is 10.9 Å². The molecular weight excluding hydrogens is 347 g/mol. The van der Waals surface area contributed by atoms with Crippen LogP contribution in [0, 0.1) is 5.82 Å². The Balaban J connectivity index is 1.57. The monoisotopic (exact) mass is 366 g/mol. The van der Waals surface area contributed by atoms with Gasteiger partial charge in [-0.15, -0.1) is 0 Å². The van der Waals surface area contributed by atoms with Crippen LogP contribution in [-0.4, -0.2) is 21.6 Å². The highest BCUT2D eigenvalue weighted by atomic mass is 19.1. The lowest BCUT2D eigenvalue weighted by atomic mass is 10.2. The molecule has 0 spiro atoms. The third-order valence-electron chi connectivity index (χ3n) is 3.86. The van der Waals surface area contributed by atoms with Crippen molar-refractivity contribution in [2.24, 2.45) is 0 Å². The number of hydrogen-bond donors (Lipinski definition) is 2. The van der Waals surface area contributed by atoms with Gasteiger partial charge in [0.25, 0.3) is 0 Å². The predicted octanol–water partition coefficient (Wildman–Crippen LogP) is 3.54. The van der Waals surface area contributed by atoms with Crippen molar-refractivity contribution in [3.05, 3.63) is 72.3 Å². The fraction of sp³-hybridized carbons (Fsp3) is 0.150. The minimum atomic E-state index is -0.559. The highest BCUT2D eigenvalue weighted by Gasteiger charge is 2.09. The summed E-state index contributed by atoms with van der Waals surface area (Å²) < 4.78 is 15.4. The SMILES string of the molecule is CC(=O)Nc1cc(NC(=O)CCc2cnn(-c3ccccc3)c2)ccc1F. The van der Waals surface area contributed by atoms with Gasteiger partial charge in [-0.1, -0.05) is 18.2 Å². The number of aromatic nitrogens is 2. The van der Waals surface area contributed by atoms with Gasteiger partial charge in [0.2, 0.25) is 11.8 Å². The molecule has 7 heteroatoms. The predicted molar refractivity (Wildman–Crippen MR) is 101 cm³/mol. The molecule has 3 rings (SSSR count). The Kier molecular flexibility index (Phi) is 5.61. The molecule has 3 aromatic rings. The zero-order valence-electron chi connectivity index (χ0n) is 14.8. The molecule has 2 aromatic carbocycles. The summed E-state index contributed by atoms with van der Waals surface area (Å²) in [7, 11) is 0. The van der Waals surface area contributed by atoms with Crippen molar-refractivity contribution in [2.75, 3.05) is 10.6 Å². The molecule has 0 radical (unpaired) electrons. The summed E-state index contributed by atoms with van der Waals surface area (Å²) in [5, 5.41) is 9.39. The van der Waals surface area contributed by atoms with E-state index in [0.717, 1.165) is 11.3 Å². The van der Waals surface area contributed by atoms with E-state index in [9.17, 15) is 14.0 Å². The number of nitrogens with one attached hydrogen (secondary N) is 2. The maximum atomic E-state index is 13.6. The van der Waals surface area contributed by atoms with Gasteiger partial charge in [-0.3, -0.25) is 9.59 Å². The highest BCUT2D eigenvalue weighted by molar-refractivity contribution is 5.93. The lowest BCUT2D eigenvalue weighted by Crippen LogP contribution is -2.13. The number of hydrogen-bond acceptors (Lipinski definition) is 3. The first-order valence-electron chi connectivity index (χ1n) is 8.47. The molecule has 2 N–H and O–H groups in total. The Bertz CT molecular complexity index is 954. The van der Waals surface area contributed by atoms with Crippen LogP contribution >= 0.6 is 0 Å². The number of anilines is 2. The molecule has 0 saturated heterocycles. The van der Waals surface area contributed by atoms with Gasteiger partial charge < -0.3 is 10.6 Å². The van der Waals surface area contributed by atoms with Crippen molar-refractivity contribution < 1.29 is 14.0 Å². The van der Waals surface area contributed by atoms with Crippen LogP contribution in [0.5, 0.6) is 0 Å². The van der Waals surface area contributed by atoms with Crippen molar-refractivity contribution in [3.63, 3.8) is 0 Å². The molecule has 6 nitrogen and oxygen atoms in total. The van der Waals surface area contributed by atoms with Gasteiger partial charge in [0.15, 0.2) is 0 Å². The van der Waals surface area contributed by atoms with Crippen LogP contribution in [-0.2, 0) is 16.0 Å². The molecule has 138 valence electrons. The summed E-state index contributed by atoms with van der Waals surface area (Å²) in [5.41, 5.74) is 2.34. The van der Waals surface area contributed by atoms with Crippen molar-refractivity contribution >= 4 is 23.2 Å². The number of carbonyl (C=O) groups is 2. The average molecular weight is 366 g/mol. The summed E-state index contributed by atoms with van der Waals surface area (Å²) in [6, 6.07) is 13.7. The number of benzene rings is 2. The Morgan fingerprint density at radius 3 is 2.63 bits per heavy atom. The van der Waals surface area contributed by atoms with Crippen molar-refractivity contribution in [2.45, 2.75) is 19.8 Å². The quantitative estimate of drug-likeness (QED) is 0.701. The van der Waals surface area contributed by atoms with Gasteiger partial charge in [-0.2, -0.15) is 5.10 Å². The maximum absolute atomic E-state index is 13.6. The van der Waals surface area contributed by atoms with Gasteiger partial charge in [0.1, 0.15) is 5.82 Å². The minimum Gasteiger partial charge on any atom is -0.326 e. The molecule has 0 atom stereocenters. The van der Waals surface area contributed by atoms with E-state index in [4.69, 9.17) is 0 Å². The molecule has 1 aromatic heterocycles. The number of amides is 2. The smallest absolute Gasteiger partial charge is 0.224 e. The number of halogens is 1. The van der Waals surface area contributed by atoms with Crippen LogP contribution < -0.4 is 10.6 Å². The lowest BCUT2D eigenvalue weighted by molar-refractivity contribution is -0.116. The van der Waals surface area contributed by atoms with Gasteiger partial charge >= 0.3 is 0 Å². The molecule has 0 bridgehead atoms. The molecule has 0 aliphatic rings. The van der Waals surface area contributed by atoms with Crippen LogP contribution in [0.3, 0.4) is 0 Å². The first kappa shape index (κ1) is 18.3. The Morgan fingerprint density at radius 1 is 1.11 bits per heavy atom. The number of aryl methyl sites for hydroxylation is 1. The molecule has 27 heavy (non-hydrogen) atoms. The summed E-state index contributed by atoms with van der Waals surface area (Å²) in [6.07, 6.45) is 4.40. The zero-order chi connectivity index (χ0) is 19.2. The normalized spacial score (nSPS) is 10.4. The number of para-hydroxylation sites is 1. The zero-order valence-corrected chi connectivity index (χ0v) is 14.8. The molecule has 0 fully saturated rings. The van der Waals surface area contributed by atoms with Gasteiger partial charge in [-0.25, -0.2) is 9.07 Å². The van der Waals surface area contributed by atoms with Crippen LogP contribution in [0.1, 0.15) is 18.9 Å². The van der Waals surface area contributed by atoms with Crippen LogP contribution in [0.4, 0.5) is 15.8 Å². The van der Waals surface area contributed by atoms with E-state index in [1.165, 1.54) is 25.1 Å². The average Bonchev–Trinajstić information content (AvgIpc) is 3.12.